The second-order valence-corrected chi connectivity index (χ2v) is 7.35. The van der Waals surface area contributed by atoms with Gasteiger partial charge in [0.25, 0.3) is 0 Å². The summed E-state index contributed by atoms with van der Waals surface area (Å²) in [5.41, 5.74) is 2.27. The summed E-state index contributed by atoms with van der Waals surface area (Å²) in [5.74, 6) is -0.225. The highest BCUT2D eigenvalue weighted by Gasteiger charge is 2.27. The highest BCUT2D eigenvalue weighted by Crippen LogP contribution is 2.18. The van der Waals surface area contributed by atoms with Gasteiger partial charge in [-0.05, 0) is 30.4 Å². The summed E-state index contributed by atoms with van der Waals surface area (Å²) >= 11 is 0. The predicted octanol–water partition coefficient (Wildman–Crippen LogP) is 1.24. The van der Waals surface area contributed by atoms with E-state index in [1.54, 1.807) is 0 Å². The van der Waals surface area contributed by atoms with Gasteiger partial charge in [-0.2, -0.15) is 0 Å². The molecule has 7 heteroatoms. The van der Waals surface area contributed by atoms with Gasteiger partial charge >= 0.3 is 0 Å². The van der Waals surface area contributed by atoms with Crippen molar-refractivity contribution in [2.45, 2.75) is 45.4 Å². The van der Waals surface area contributed by atoms with E-state index in [1.807, 2.05) is 17.0 Å². The number of likely N-dealkylation sites (tertiary alicyclic amines) is 1. The lowest BCUT2D eigenvalue weighted by molar-refractivity contribution is -0.135. The van der Waals surface area contributed by atoms with Gasteiger partial charge in [0.1, 0.15) is 6.29 Å². The molecule has 1 aromatic rings. The lowest BCUT2D eigenvalue weighted by Gasteiger charge is -2.31. The van der Waals surface area contributed by atoms with Crippen LogP contribution in [0.2, 0.25) is 0 Å². The average Bonchev–Trinajstić information content (AvgIpc) is 2.75. The molecule has 1 heterocycles. The Balaban J connectivity index is 1.65. The number of piperidine rings is 1. The van der Waals surface area contributed by atoms with Crippen LogP contribution in [0.4, 0.5) is 0 Å². The third kappa shape index (κ3) is 7.68. The van der Waals surface area contributed by atoms with E-state index in [9.17, 15) is 19.2 Å². The molecule has 3 amide bonds. The van der Waals surface area contributed by atoms with Crippen molar-refractivity contribution in [3.05, 3.63) is 35.4 Å². The molecule has 0 spiro atoms. The summed E-state index contributed by atoms with van der Waals surface area (Å²) in [4.78, 5) is 48.2. The van der Waals surface area contributed by atoms with Crippen molar-refractivity contribution in [2.75, 3.05) is 26.2 Å². The fourth-order valence-corrected chi connectivity index (χ4v) is 3.38. The molecule has 29 heavy (non-hydrogen) atoms. The zero-order chi connectivity index (χ0) is 21.1. The molecule has 0 bridgehead atoms. The minimum atomic E-state index is -0.192. The van der Waals surface area contributed by atoms with E-state index in [0.29, 0.717) is 51.7 Å². The second-order valence-electron chi connectivity index (χ2n) is 7.35. The standard InChI is InChI=1S/C22H31N3O4/c1-2-17-5-7-18(8-6-17)16-21(28)25-13-9-19(10-14-25)22(29)24-12-11-23-20(27)4-3-15-26/h5-8,15,19H,2-4,9-14,16H2,1H3,(H,23,27)(H,24,29). The average molecular weight is 402 g/mol. The van der Waals surface area contributed by atoms with E-state index in [-0.39, 0.29) is 36.5 Å². The summed E-state index contributed by atoms with van der Waals surface area (Å²) in [6, 6.07) is 8.14. The van der Waals surface area contributed by atoms with E-state index < -0.39 is 0 Å². The Labute approximate surface area is 172 Å². The molecule has 2 rings (SSSR count). The molecule has 0 unspecified atom stereocenters. The summed E-state index contributed by atoms with van der Waals surface area (Å²) in [5, 5.41) is 5.49. The van der Waals surface area contributed by atoms with Crippen LogP contribution in [-0.4, -0.2) is 55.1 Å². The van der Waals surface area contributed by atoms with Crippen molar-refractivity contribution >= 4 is 24.0 Å². The first-order valence-electron chi connectivity index (χ1n) is 10.4. The maximum atomic E-state index is 12.5. The van der Waals surface area contributed by atoms with E-state index in [4.69, 9.17) is 0 Å². The van der Waals surface area contributed by atoms with Crippen molar-refractivity contribution in [1.82, 2.24) is 15.5 Å². The molecule has 2 N–H and O–H groups in total. The van der Waals surface area contributed by atoms with Crippen LogP contribution in [0.1, 0.15) is 43.7 Å². The molecule has 1 fully saturated rings. The molecule has 158 valence electrons. The van der Waals surface area contributed by atoms with Crippen LogP contribution in [0.15, 0.2) is 24.3 Å². The molecular weight excluding hydrogens is 370 g/mol. The molecule has 0 aromatic heterocycles. The number of benzene rings is 1. The third-order valence-electron chi connectivity index (χ3n) is 5.24. The summed E-state index contributed by atoms with van der Waals surface area (Å²) in [7, 11) is 0. The molecule has 1 saturated heterocycles. The van der Waals surface area contributed by atoms with Crippen molar-refractivity contribution in [1.29, 1.82) is 0 Å². The lowest BCUT2D eigenvalue weighted by Crippen LogP contribution is -2.44. The SMILES string of the molecule is CCc1ccc(CC(=O)N2CCC(C(=O)NCCNC(=O)CCC=O)CC2)cc1. The first-order chi connectivity index (χ1) is 14.0. The number of nitrogens with one attached hydrogen (secondary N) is 2. The third-order valence-corrected chi connectivity index (χ3v) is 5.24. The quantitative estimate of drug-likeness (QED) is 0.455. The van der Waals surface area contributed by atoms with Crippen molar-refractivity contribution in [3.63, 3.8) is 0 Å². The van der Waals surface area contributed by atoms with Gasteiger partial charge in [0.05, 0.1) is 6.42 Å². The van der Waals surface area contributed by atoms with Crippen LogP contribution >= 0.6 is 0 Å². The van der Waals surface area contributed by atoms with E-state index >= 15 is 0 Å². The number of amides is 3. The molecule has 1 aromatic carbocycles. The Kier molecular flexibility index (Phi) is 9.34. The molecule has 1 aliphatic heterocycles. The molecule has 0 saturated carbocycles. The van der Waals surface area contributed by atoms with Gasteiger partial charge < -0.3 is 20.3 Å². The number of aryl methyl sites for hydroxylation is 1. The number of carbonyl (C=O) groups is 4. The maximum absolute atomic E-state index is 12.5. The van der Waals surface area contributed by atoms with Gasteiger partial charge in [0.2, 0.25) is 17.7 Å². The number of nitrogens with zero attached hydrogens (tertiary/aromatic N) is 1. The minimum Gasteiger partial charge on any atom is -0.354 e. The van der Waals surface area contributed by atoms with Gasteiger partial charge in [-0.3, -0.25) is 14.4 Å². The zero-order valence-electron chi connectivity index (χ0n) is 17.1. The predicted molar refractivity (Wildman–Crippen MR) is 110 cm³/mol. The van der Waals surface area contributed by atoms with Crippen LogP contribution in [-0.2, 0) is 32.0 Å². The van der Waals surface area contributed by atoms with Gasteiger partial charge in [-0.25, -0.2) is 0 Å². The van der Waals surface area contributed by atoms with Crippen LogP contribution in [0.3, 0.4) is 0 Å². The number of hydrogen-bond acceptors (Lipinski definition) is 4. The van der Waals surface area contributed by atoms with Crippen molar-refractivity contribution in [3.8, 4) is 0 Å². The van der Waals surface area contributed by atoms with Gasteiger partial charge in [-0.1, -0.05) is 31.2 Å². The first-order valence-corrected chi connectivity index (χ1v) is 10.4. The van der Waals surface area contributed by atoms with Crippen LogP contribution < -0.4 is 10.6 Å². The van der Waals surface area contributed by atoms with E-state index in [0.717, 1.165) is 12.0 Å². The monoisotopic (exact) mass is 401 g/mol. The number of rotatable bonds is 10. The van der Waals surface area contributed by atoms with E-state index in [1.165, 1.54) is 5.56 Å². The normalized spacial score (nSPS) is 14.3. The zero-order valence-corrected chi connectivity index (χ0v) is 17.1. The second kappa shape index (κ2) is 12.0. The molecule has 0 radical (unpaired) electrons. The van der Waals surface area contributed by atoms with E-state index in [2.05, 4.69) is 29.7 Å². The van der Waals surface area contributed by atoms with Crippen molar-refractivity contribution < 1.29 is 19.2 Å². The van der Waals surface area contributed by atoms with Crippen LogP contribution in [0.5, 0.6) is 0 Å². The van der Waals surface area contributed by atoms with Crippen LogP contribution in [0, 0.1) is 5.92 Å². The number of carbonyl (C=O) groups excluding carboxylic acids is 4. The molecule has 1 aliphatic rings. The topological polar surface area (TPSA) is 95.6 Å². The lowest BCUT2D eigenvalue weighted by atomic mass is 9.95. The van der Waals surface area contributed by atoms with Crippen LogP contribution in [0.25, 0.3) is 0 Å². The fraction of sp³-hybridized carbons (Fsp3) is 0.545. The number of hydrogen-bond donors (Lipinski definition) is 2. The minimum absolute atomic E-state index is 0.0330. The Morgan fingerprint density at radius 1 is 1.03 bits per heavy atom. The summed E-state index contributed by atoms with van der Waals surface area (Å²) < 4.78 is 0. The van der Waals surface area contributed by atoms with Gasteiger partial charge in [0, 0.05) is 44.9 Å². The Hall–Kier alpha value is -2.70. The first kappa shape index (κ1) is 22.6. The van der Waals surface area contributed by atoms with Gasteiger partial charge in [-0.15, -0.1) is 0 Å². The Morgan fingerprint density at radius 3 is 2.28 bits per heavy atom. The Morgan fingerprint density at radius 2 is 1.66 bits per heavy atom. The summed E-state index contributed by atoms with van der Waals surface area (Å²) in [6.07, 6.45) is 3.77. The molecular formula is C22H31N3O4. The summed E-state index contributed by atoms with van der Waals surface area (Å²) in [6.45, 7) is 3.99. The maximum Gasteiger partial charge on any atom is 0.226 e. The largest absolute Gasteiger partial charge is 0.354 e. The molecule has 0 atom stereocenters. The Bertz CT molecular complexity index is 695. The number of aldehydes is 1. The van der Waals surface area contributed by atoms with Crippen molar-refractivity contribution in [2.24, 2.45) is 5.92 Å². The highest BCUT2D eigenvalue weighted by molar-refractivity contribution is 5.81. The fourth-order valence-electron chi connectivity index (χ4n) is 3.38. The smallest absolute Gasteiger partial charge is 0.226 e. The highest BCUT2D eigenvalue weighted by atomic mass is 16.2. The van der Waals surface area contributed by atoms with Gasteiger partial charge in [0.15, 0.2) is 0 Å². The molecule has 0 aliphatic carbocycles. The molecule has 7 nitrogen and oxygen atoms in total.